The Hall–Kier alpha value is -2.04. The second kappa shape index (κ2) is 8.29. The first-order valence-corrected chi connectivity index (χ1v) is 7.07. The van der Waals surface area contributed by atoms with Crippen molar-refractivity contribution < 1.29 is 14.6 Å². The van der Waals surface area contributed by atoms with Gasteiger partial charge in [-0.25, -0.2) is 0 Å². The van der Waals surface area contributed by atoms with Crippen molar-refractivity contribution in [1.29, 1.82) is 0 Å². The van der Waals surface area contributed by atoms with E-state index in [1.54, 1.807) is 0 Å². The summed E-state index contributed by atoms with van der Waals surface area (Å²) in [5.41, 5.74) is 7.45. The predicted molar refractivity (Wildman–Crippen MR) is 82.3 cm³/mol. The molecular weight excluding hydrogens is 266 g/mol. The van der Waals surface area contributed by atoms with E-state index in [0.717, 1.165) is 29.0 Å². The van der Waals surface area contributed by atoms with Crippen LogP contribution in [0.1, 0.15) is 17.5 Å². The molecule has 0 aliphatic rings. The number of hydrogen-bond donors (Lipinski definition) is 2. The largest absolute Gasteiger partial charge is 0.493 e. The summed E-state index contributed by atoms with van der Waals surface area (Å²) in [6.07, 6.45) is 0.770. The van der Waals surface area contributed by atoms with Crippen LogP contribution in [0.5, 0.6) is 11.5 Å². The third kappa shape index (κ3) is 4.77. The molecule has 0 fully saturated rings. The Labute approximate surface area is 125 Å². The second-order valence-electron chi connectivity index (χ2n) is 4.67. The number of benzene rings is 2. The highest BCUT2D eigenvalue weighted by atomic mass is 16.5. The molecule has 0 heterocycles. The minimum absolute atomic E-state index is 0.0153. The molecule has 0 aliphatic heterocycles. The zero-order valence-electron chi connectivity index (χ0n) is 12.0. The lowest BCUT2D eigenvalue weighted by Crippen LogP contribution is -2.06. The smallest absolute Gasteiger partial charge is 0.124 e. The van der Waals surface area contributed by atoms with Crippen LogP contribution in [-0.2, 0) is 13.2 Å². The third-order valence-corrected chi connectivity index (χ3v) is 3.09. The molecular formula is C17H21NO3. The molecule has 0 atom stereocenters. The molecule has 21 heavy (non-hydrogen) atoms. The summed E-state index contributed by atoms with van der Waals surface area (Å²) in [4.78, 5) is 0. The van der Waals surface area contributed by atoms with E-state index < -0.39 is 0 Å². The van der Waals surface area contributed by atoms with Crippen molar-refractivity contribution in [2.24, 2.45) is 5.73 Å². The topological polar surface area (TPSA) is 64.7 Å². The molecule has 0 spiro atoms. The Morgan fingerprint density at radius 1 is 0.952 bits per heavy atom. The Morgan fingerprint density at radius 3 is 2.57 bits per heavy atom. The van der Waals surface area contributed by atoms with E-state index in [2.05, 4.69) is 0 Å². The summed E-state index contributed by atoms with van der Waals surface area (Å²) in [6, 6.07) is 15.3. The fourth-order valence-electron chi connectivity index (χ4n) is 1.97. The van der Waals surface area contributed by atoms with Gasteiger partial charge in [-0.15, -0.1) is 0 Å². The van der Waals surface area contributed by atoms with Gasteiger partial charge in [-0.1, -0.05) is 30.3 Å². The third-order valence-electron chi connectivity index (χ3n) is 3.09. The average molecular weight is 287 g/mol. The molecule has 0 unspecified atom stereocenters. The van der Waals surface area contributed by atoms with Crippen LogP contribution < -0.4 is 15.2 Å². The maximum atomic E-state index is 9.20. The minimum Gasteiger partial charge on any atom is -0.493 e. The van der Waals surface area contributed by atoms with Gasteiger partial charge in [-0.05, 0) is 23.8 Å². The van der Waals surface area contributed by atoms with Crippen molar-refractivity contribution in [3.05, 3.63) is 59.7 Å². The van der Waals surface area contributed by atoms with Gasteiger partial charge in [0.25, 0.3) is 0 Å². The van der Waals surface area contributed by atoms with E-state index in [-0.39, 0.29) is 6.61 Å². The first-order valence-electron chi connectivity index (χ1n) is 7.07. The highest BCUT2D eigenvalue weighted by molar-refractivity contribution is 5.32. The molecule has 0 aliphatic carbocycles. The van der Waals surface area contributed by atoms with Crippen molar-refractivity contribution in [1.82, 2.24) is 0 Å². The number of hydrogen-bond acceptors (Lipinski definition) is 4. The van der Waals surface area contributed by atoms with Gasteiger partial charge in [0.15, 0.2) is 0 Å². The molecule has 4 nitrogen and oxygen atoms in total. The van der Waals surface area contributed by atoms with Crippen molar-refractivity contribution in [2.45, 2.75) is 19.6 Å². The van der Waals surface area contributed by atoms with Crippen LogP contribution >= 0.6 is 0 Å². The van der Waals surface area contributed by atoms with Gasteiger partial charge >= 0.3 is 0 Å². The maximum Gasteiger partial charge on any atom is 0.124 e. The van der Waals surface area contributed by atoms with E-state index in [1.807, 2.05) is 48.5 Å². The summed E-state index contributed by atoms with van der Waals surface area (Å²) in [7, 11) is 0. The van der Waals surface area contributed by atoms with Gasteiger partial charge in [-0.2, -0.15) is 0 Å². The summed E-state index contributed by atoms with van der Waals surface area (Å²) < 4.78 is 11.3. The quantitative estimate of drug-likeness (QED) is 0.732. The van der Waals surface area contributed by atoms with Crippen LogP contribution in [0.3, 0.4) is 0 Å². The zero-order valence-corrected chi connectivity index (χ0v) is 12.0. The Kier molecular flexibility index (Phi) is 6.06. The van der Waals surface area contributed by atoms with Crippen molar-refractivity contribution in [2.75, 3.05) is 13.2 Å². The molecule has 2 aromatic carbocycles. The average Bonchev–Trinajstić information content (AvgIpc) is 2.55. The van der Waals surface area contributed by atoms with Crippen LogP contribution in [0.25, 0.3) is 0 Å². The molecule has 2 rings (SSSR count). The van der Waals surface area contributed by atoms with E-state index in [4.69, 9.17) is 15.2 Å². The number of para-hydroxylation sites is 1. The lowest BCUT2D eigenvalue weighted by atomic mass is 10.2. The Bertz CT molecular complexity index is 557. The minimum atomic E-state index is -0.0153. The molecule has 0 bridgehead atoms. The molecule has 2 aromatic rings. The number of ether oxygens (including phenoxy) is 2. The fraction of sp³-hybridized carbons (Fsp3) is 0.294. The van der Waals surface area contributed by atoms with Crippen LogP contribution in [0.2, 0.25) is 0 Å². The van der Waals surface area contributed by atoms with E-state index in [9.17, 15) is 5.11 Å². The molecule has 0 saturated carbocycles. The van der Waals surface area contributed by atoms with Crippen molar-refractivity contribution in [3.63, 3.8) is 0 Å². The Morgan fingerprint density at radius 2 is 1.76 bits per heavy atom. The molecule has 4 heteroatoms. The number of aliphatic hydroxyl groups excluding tert-OH is 1. The molecule has 0 amide bonds. The summed E-state index contributed by atoms with van der Waals surface area (Å²) >= 11 is 0. The molecule has 3 N–H and O–H groups in total. The van der Waals surface area contributed by atoms with E-state index >= 15 is 0 Å². The van der Waals surface area contributed by atoms with Gasteiger partial charge in [-0.3, -0.25) is 0 Å². The molecule has 112 valence electrons. The summed E-state index contributed by atoms with van der Waals surface area (Å²) in [5.74, 6) is 1.55. The first kappa shape index (κ1) is 15.4. The van der Waals surface area contributed by atoms with Gasteiger partial charge < -0.3 is 20.3 Å². The maximum absolute atomic E-state index is 9.20. The van der Waals surface area contributed by atoms with Crippen LogP contribution in [-0.4, -0.2) is 18.3 Å². The van der Waals surface area contributed by atoms with Crippen molar-refractivity contribution in [3.8, 4) is 11.5 Å². The van der Waals surface area contributed by atoms with Gasteiger partial charge in [0.1, 0.15) is 11.5 Å². The summed E-state index contributed by atoms with van der Waals surface area (Å²) in [5, 5.41) is 9.20. The molecule has 0 radical (unpaired) electrons. The van der Waals surface area contributed by atoms with Gasteiger partial charge in [0, 0.05) is 18.5 Å². The van der Waals surface area contributed by atoms with Crippen LogP contribution in [0, 0.1) is 0 Å². The van der Waals surface area contributed by atoms with Crippen LogP contribution in [0.4, 0.5) is 0 Å². The van der Waals surface area contributed by atoms with Crippen molar-refractivity contribution >= 4 is 0 Å². The number of aliphatic hydroxyl groups is 1. The van der Waals surface area contributed by atoms with Gasteiger partial charge in [0.2, 0.25) is 0 Å². The van der Waals surface area contributed by atoms with Crippen LogP contribution in [0.15, 0.2) is 48.5 Å². The zero-order chi connectivity index (χ0) is 14.9. The highest BCUT2D eigenvalue weighted by Crippen LogP contribution is 2.18. The first-order chi connectivity index (χ1) is 10.3. The standard InChI is InChI=1S/C17H21NO3/c18-12-14-5-3-7-16(11-14)20-9-4-10-21-17-8-2-1-6-15(17)13-19/h1-3,5-8,11,19H,4,9-10,12-13,18H2. The predicted octanol–water partition coefficient (Wildman–Crippen LogP) is 2.49. The highest BCUT2D eigenvalue weighted by Gasteiger charge is 2.01. The second-order valence-corrected chi connectivity index (χ2v) is 4.67. The van der Waals surface area contributed by atoms with E-state index in [1.165, 1.54) is 0 Å². The molecule has 0 saturated heterocycles. The lowest BCUT2D eigenvalue weighted by molar-refractivity contribution is 0.236. The molecule has 0 aromatic heterocycles. The monoisotopic (exact) mass is 287 g/mol. The van der Waals surface area contributed by atoms with E-state index in [0.29, 0.717) is 19.8 Å². The SMILES string of the molecule is NCc1cccc(OCCCOc2ccccc2CO)c1. The summed E-state index contributed by atoms with van der Waals surface area (Å²) in [6.45, 7) is 1.62. The number of nitrogens with two attached hydrogens (primary N) is 1. The number of rotatable bonds is 8. The fourth-order valence-corrected chi connectivity index (χ4v) is 1.97. The lowest BCUT2D eigenvalue weighted by Gasteiger charge is -2.11. The Balaban J connectivity index is 1.72. The van der Waals surface area contributed by atoms with Gasteiger partial charge in [0.05, 0.1) is 19.8 Å². The normalized spacial score (nSPS) is 10.4.